The minimum atomic E-state index is -1.55. The number of nitrogens with zero attached hydrogens (tertiary/aromatic N) is 2. The van der Waals surface area contributed by atoms with Crippen molar-refractivity contribution in [3.63, 3.8) is 0 Å². The molecule has 2 aliphatic heterocycles. The first-order chi connectivity index (χ1) is 43.7. The third-order valence-corrected chi connectivity index (χ3v) is 16.9. The zero-order valence-corrected chi connectivity index (χ0v) is 57.3. The van der Waals surface area contributed by atoms with E-state index in [1.165, 1.54) is 24.3 Å². The maximum atomic E-state index is 13.4. The Kier molecular flexibility index (Phi) is 25.1. The molecule has 0 saturated heterocycles. The van der Waals surface area contributed by atoms with Gasteiger partial charge in [0.05, 0.1) is 32.3 Å². The Morgan fingerprint density at radius 2 is 0.916 bits per heavy atom. The van der Waals surface area contributed by atoms with Gasteiger partial charge in [-0.3, -0.25) is 38.4 Å². The number of amides is 5. The van der Waals surface area contributed by atoms with Gasteiger partial charge in [-0.15, -0.1) is 12.4 Å². The highest BCUT2D eigenvalue weighted by molar-refractivity contribution is 6.44. The van der Waals surface area contributed by atoms with Gasteiger partial charge in [-0.05, 0) is 180 Å². The number of Topliss-reactive ketones (excluding diaryl/α,β-unsaturated/α-hetero) is 5. The highest BCUT2D eigenvalue weighted by Crippen LogP contribution is 2.40. The van der Waals surface area contributed by atoms with E-state index in [4.69, 9.17) is 48.6 Å². The van der Waals surface area contributed by atoms with E-state index in [1.54, 1.807) is 78.4 Å². The molecule has 0 radical (unpaired) electrons. The molecule has 6 aliphatic rings. The van der Waals surface area contributed by atoms with Crippen LogP contribution in [0.25, 0.3) is 0 Å². The smallest absolute Gasteiger partial charge is 0.408 e. The van der Waals surface area contributed by atoms with E-state index in [0.717, 1.165) is 50.7 Å². The number of carbonyl (C=O) groups is 12. The van der Waals surface area contributed by atoms with Crippen LogP contribution in [0.3, 0.4) is 0 Å². The van der Waals surface area contributed by atoms with Crippen LogP contribution in [0.5, 0.6) is 0 Å². The molecule has 4 aliphatic carbocycles. The predicted octanol–water partition coefficient (Wildman–Crippen LogP) is 10.7. The number of nitrogens with two attached hydrogens (primary N) is 1. The summed E-state index contributed by atoms with van der Waals surface area (Å²) >= 11 is 11.5. The number of hydrogen-bond acceptors (Lipinski definition) is 15. The van der Waals surface area contributed by atoms with Crippen LogP contribution in [0, 0.1) is 25.5 Å². The third kappa shape index (κ3) is 19.3. The van der Waals surface area contributed by atoms with Crippen molar-refractivity contribution in [3.05, 3.63) is 103 Å². The van der Waals surface area contributed by atoms with E-state index in [9.17, 15) is 66.3 Å². The second kappa shape index (κ2) is 30.8. The first kappa shape index (κ1) is 77.6. The number of rotatable bonds is 18. The molecule has 95 heavy (non-hydrogen) atoms. The number of hydrogen-bond donors (Lipinski definition) is 8. The van der Waals surface area contributed by atoms with Crippen LogP contribution in [0.15, 0.2) is 36.4 Å². The number of ketones is 5. The van der Waals surface area contributed by atoms with E-state index < -0.39 is 92.9 Å². The van der Waals surface area contributed by atoms with Gasteiger partial charge in [0.2, 0.25) is 0 Å². The number of alkyl carbamates (subject to hydrolysis) is 2. The lowest BCUT2D eigenvalue weighted by atomic mass is 10.0. The van der Waals surface area contributed by atoms with E-state index in [1.807, 2.05) is 6.92 Å². The fourth-order valence-corrected chi connectivity index (χ4v) is 11.2. The molecule has 4 saturated carbocycles. The van der Waals surface area contributed by atoms with Gasteiger partial charge < -0.3 is 61.1 Å². The third-order valence-electron chi connectivity index (χ3n) is 16.3. The quantitative estimate of drug-likeness (QED) is 0.0339. The summed E-state index contributed by atoms with van der Waals surface area (Å²) in [6.45, 7) is 20.2. The highest BCUT2D eigenvalue weighted by Gasteiger charge is 2.53. The maximum Gasteiger partial charge on any atom is 0.408 e. The molecule has 518 valence electrons. The average Bonchev–Trinajstić information content (AvgIpc) is 1.61. The van der Waals surface area contributed by atoms with Gasteiger partial charge in [-0.25, -0.2) is 28.0 Å². The molecule has 24 nitrogen and oxygen atoms in total. The topological polar surface area (TPSA) is 360 Å². The van der Waals surface area contributed by atoms with Crippen LogP contribution in [0.4, 0.5) is 29.7 Å². The summed E-state index contributed by atoms with van der Waals surface area (Å²) in [5, 5.41) is 30.5. The molecule has 4 heterocycles. The summed E-state index contributed by atoms with van der Waals surface area (Å²) in [6, 6.07) is 7.62. The number of benzene rings is 2. The first-order valence-electron chi connectivity index (χ1n) is 31.0. The predicted molar refractivity (Wildman–Crippen MR) is 350 cm³/mol. The Morgan fingerprint density at radius 1 is 0.558 bits per heavy atom. The van der Waals surface area contributed by atoms with Gasteiger partial charge in [-0.2, -0.15) is 0 Å². The number of aliphatic carboxylic acids is 2. The minimum Gasteiger partial charge on any atom is -0.480 e. The van der Waals surface area contributed by atoms with Crippen molar-refractivity contribution >= 4 is 118 Å². The fourth-order valence-electron chi connectivity index (χ4n) is 10.8. The fraction of sp³-hybridized carbons (Fsp3) is 0.515. The summed E-state index contributed by atoms with van der Waals surface area (Å²) in [7, 11) is 0. The maximum absolute atomic E-state index is 13.4. The first-order valence-corrected chi connectivity index (χ1v) is 31.7. The van der Waals surface area contributed by atoms with Gasteiger partial charge >= 0.3 is 24.1 Å². The summed E-state index contributed by atoms with van der Waals surface area (Å²) in [6.07, 6.45) is 7.99. The average molecular weight is 1390 g/mol. The Labute approximate surface area is 564 Å². The number of carbonyl (C=O) groups excluding carboxylic acids is 10. The summed E-state index contributed by atoms with van der Waals surface area (Å²) < 4.78 is 40.1. The lowest BCUT2D eigenvalue weighted by molar-refractivity contribution is -0.140. The van der Waals surface area contributed by atoms with Gasteiger partial charge in [-0.1, -0.05) is 44.0 Å². The SMILES string of the molecule is CC(C)(C)OC(=O)NC1(C(=O)O)CC1.CCC(=O)C1(N)CC1.CCC(=O)C1(NC(=O)C(=O)c2c(C)c(C(=O)Nc3ccc(F)c(Cl)c3)n3c2CCC3)CC1.CCC(=O)C1(NC(=O)OC(C)(C)C)CC1.Cc1c(C(=O)C(=O)O)c2n(c1C(=O)Nc1ccc(F)c(Cl)c1)CCC2.Cl. The van der Waals surface area contributed by atoms with Crippen molar-refractivity contribution in [1.29, 1.82) is 0 Å². The molecule has 0 bridgehead atoms. The van der Waals surface area contributed by atoms with E-state index >= 15 is 0 Å². The highest BCUT2D eigenvalue weighted by atomic mass is 35.5. The zero-order chi connectivity index (χ0) is 70.4. The van der Waals surface area contributed by atoms with E-state index in [2.05, 4.69) is 26.6 Å². The zero-order valence-electron chi connectivity index (χ0n) is 55.0. The second-order valence-corrected chi connectivity index (χ2v) is 26.8. The molecule has 4 fully saturated rings. The standard InChI is InChI=1S/C23H23ClFN3O4.C17H14ClFN2O4.C11H19NO3.C9H15NO4.C6H11NO.ClH/c1-3-17(29)23(8-9-23)27-22(32)20(30)18-12(2)19(28-10-4-5-16(18)28)21(31)26-13-6-7-15(25)14(24)11-13;1-8-13(15(22)17(24)25)12-3-2-6-21(12)14(8)16(23)20-9-4-5-11(19)10(18)7-9;1-5-8(13)11(6-7-11)12-9(14)15-10(2,3)4;1-8(2,3)14-7(13)10-9(4-5-9)6(11)12;1-2-5(8)6(7)3-4-6;/h6-7,11H,3-5,8-10H2,1-2H3,(H,26,31)(H,27,32);4-5,7H,2-3,6H2,1H3,(H,20,23)(H,24,25);5-7H2,1-4H3,(H,12,14);4-5H2,1-3H3,(H,10,13)(H,11,12);2-4,7H2,1H3;1H. The molecule has 10 rings (SSSR count). The molecule has 4 aromatic rings. The van der Waals surface area contributed by atoms with Crippen molar-refractivity contribution in [1.82, 2.24) is 25.1 Å². The molecule has 2 aromatic carbocycles. The van der Waals surface area contributed by atoms with Crippen LogP contribution in [0.2, 0.25) is 10.0 Å². The van der Waals surface area contributed by atoms with Crippen LogP contribution in [-0.2, 0) is 64.2 Å². The van der Waals surface area contributed by atoms with Gasteiger partial charge in [0.1, 0.15) is 45.3 Å². The van der Waals surface area contributed by atoms with Crippen molar-refractivity contribution in [3.8, 4) is 0 Å². The number of halogens is 5. The van der Waals surface area contributed by atoms with E-state index in [0.29, 0.717) is 98.3 Å². The normalized spacial score (nSPS) is 16.2. The van der Waals surface area contributed by atoms with Crippen molar-refractivity contribution in [2.45, 2.75) is 219 Å². The number of fused-ring (bicyclic) bond motifs is 2. The molecule has 0 atom stereocenters. The van der Waals surface area contributed by atoms with Crippen molar-refractivity contribution in [2.75, 3.05) is 10.6 Å². The molecule has 0 unspecified atom stereocenters. The van der Waals surface area contributed by atoms with Crippen LogP contribution < -0.4 is 32.3 Å². The van der Waals surface area contributed by atoms with E-state index in [-0.39, 0.29) is 74.3 Å². The molecule has 29 heteroatoms. The number of anilines is 2. The van der Waals surface area contributed by atoms with Gasteiger partial charge in [0, 0.05) is 55.1 Å². The number of aromatic nitrogens is 2. The Hall–Kier alpha value is -8.07. The van der Waals surface area contributed by atoms with Crippen molar-refractivity contribution in [2.24, 2.45) is 5.73 Å². The molecule has 9 N–H and O–H groups in total. The molecular formula is C66H83Cl3F2N8O16. The molecule has 5 amide bonds. The number of ether oxygens (including phenoxy) is 2. The summed E-state index contributed by atoms with van der Waals surface area (Å²) in [5.41, 5.74) is 4.78. The largest absolute Gasteiger partial charge is 0.480 e. The minimum absolute atomic E-state index is 0. The Bertz CT molecular complexity index is 3720. The molecule has 0 spiro atoms. The Balaban J connectivity index is 0.000000230. The lowest BCUT2D eigenvalue weighted by Gasteiger charge is -2.22. The second-order valence-electron chi connectivity index (χ2n) is 26.0. The van der Waals surface area contributed by atoms with Crippen molar-refractivity contribution < 1.29 is 86.0 Å². The number of carboxylic acid groups (broad SMARTS) is 2. The lowest BCUT2D eigenvalue weighted by Crippen LogP contribution is -2.46. The monoisotopic (exact) mass is 1390 g/mol. The van der Waals surface area contributed by atoms with Gasteiger partial charge in [0.15, 0.2) is 17.3 Å². The van der Waals surface area contributed by atoms with Gasteiger partial charge in [0.25, 0.3) is 29.3 Å². The summed E-state index contributed by atoms with van der Waals surface area (Å²) in [5.74, 6) is -7.11. The number of nitrogens with one attached hydrogen (secondary N) is 5. The van der Waals surface area contributed by atoms with Crippen LogP contribution in [0.1, 0.15) is 210 Å². The van der Waals surface area contributed by atoms with Crippen LogP contribution in [-0.4, -0.2) is 123 Å². The van der Waals surface area contributed by atoms with Crippen LogP contribution >= 0.6 is 35.6 Å². The summed E-state index contributed by atoms with van der Waals surface area (Å²) in [4.78, 5) is 142. The molecular weight excluding hydrogens is 1310 g/mol. The molecule has 2 aromatic heterocycles. The number of carboxylic acids is 2. The Morgan fingerprint density at radius 3 is 1.22 bits per heavy atom.